The fraction of sp³-hybridized carbons (Fsp3) is 0.647. The molecule has 2 bridgehead atoms. The lowest BCUT2D eigenvalue weighted by atomic mass is 9.96. The minimum atomic E-state index is 0.446. The highest BCUT2D eigenvalue weighted by molar-refractivity contribution is 5.20. The fourth-order valence-electron chi connectivity index (χ4n) is 4.20. The summed E-state index contributed by atoms with van der Waals surface area (Å²) in [5.74, 6) is 2.55. The summed E-state index contributed by atoms with van der Waals surface area (Å²) in [7, 11) is 2.26. The molecule has 0 aromatic heterocycles. The Balaban J connectivity index is 1.41. The third-order valence-electron chi connectivity index (χ3n) is 5.09. The van der Waals surface area contributed by atoms with Crippen molar-refractivity contribution in [2.75, 3.05) is 20.2 Å². The monoisotopic (exact) mass is 274 g/mol. The van der Waals surface area contributed by atoms with Crippen LogP contribution in [0.4, 0.5) is 0 Å². The first-order valence-corrected chi connectivity index (χ1v) is 7.89. The van der Waals surface area contributed by atoms with Gasteiger partial charge in [-0.15, -0.1) is 0 Å². The molecule has 0 amide bonds. The van der Waals surface area contributed by atoms with Gasteiger partial charge in [-0.2, -0.15) is 0 Å². The number of hydrogen-bond donors (Lipinski definition) is 1. The maximum atomic E-state index is 6.23. The summed E-state index contributed by atoms with van der Waals surface area (Å²) >= 11 is 0. The highest BCUT2D eigenvalue weighted by Crippen LogP contribution is 2.46. The largest absolute Gasteiger partial charge is 0.494 e. The van der Waals surface area contributed by atoms with Crippen LogP contribution in [0.2, 0.25) is 0 Å². The van der Waals surface area contributed by atoms with Crippen molar-refractivity contribution in [1.29, 1.82) is 0 Å². The van der Waals surface area contributed by atoms with Crippen LogP contribution in [0.3, 0.4) is 0 Å². The van der Waals surface area contributed by atoms with Gasteiger partial charge >= 0.3 is 0 Å². The van der Waals surface area contributed by atoms with E-state index in [2.05, 4.69) is 11.9 Å². The second-order valence-electron chi connectivity index (χ2n) is 6.39. The zero-order valence-corrected chi connectivity index (χ0v) is 12.4. The number of benzene rings is 1. The summed E-state index contributed by atoms with van der Waals surface area (Å²) in [4.78, 5) is 2.53. The highest BCUT2D eigenvalue weighted by atomic mass is 16.5. The molecule has 4 atom stereocenters. The van der Waals surface area contributed by atoms with Gasteiger partial charge in [0.1, 0.15) is 5.75 Å². The molecule has 2 aliphatic carbocycles. The number of nitrogens with zero attached hydrogens (tertiary/aromatic N) is 1. The predicted molar refractivity (Wildman–Crippen MR) is 81.8 cm³/mol. The van der Waals surface area contributed by atoms with Crippen LogP contribution in [0, 0.1) is 11.8 Å². The van der Waals surface area contributed by atoms with Gasteiger partial charge < -0.3 is 15.4 Å². The van der Waals surface area contributed by atoms with E-state index in [0.29, 0.717) is 6.04 Å². The second-order valence-corrected chi connectivity index (χ2v) is 6.39. The molecule has 0 saturated heterocycles. The molecule has 2 N–H and O–H groups in total. The number of para-hydroxylation sites is 1. The quantitative estimate of drug-likeness (QED) is 0.810. The molecule has 20 heavy (non-hydrogen) atoms. The lowest BCUT2D eigenvalue weighted by molar-refractivity contribution is 0.176. The average Bonchev–Trinajstić information content (AvgIpc) is 3.01. The number of nitrogens with two attached hydrogens (primary N) is 1. The molecule has 0 heterocycles. The summed E-state index contributed by atoms with van der Waals surface area (Å²) in [6.45, 7) is 1.90. The topological polar surface area (TPSA) is 38.5 Å². The van der Waals surface area contributed by atoms with Crippen molar-refractivity contribution < 1.29 is 4.74 Å². The Morgan fingerprint density at radius 3 is 2.70 bits per heavy atom. The minimum Gasteiger partial charge on any atom is -0.494 e. The summed E-state index contributed by atoms with van der Waals surface area (Å²) in [5.41, 5.74) is 6.23. The number of fused-ring (bicyclic) bond motifs is 2. The maximum Gasteiger partial charge on any atom is 0.119 e. The third kappa shape index (κ3) is 2.84. The van der Waals surface area contributed by atoms with Crippen LogP contribution in [-0.4, -0.2) is 37.2 Å². The zero-order valence-electron chi connectivity index (χ0n) is 12.4. The van der Waals surface area contributed by atoms with E-state index in [-0.39, 0.29) is 0 Å². The number of rotatable bonds is 6. The SMILES string of the molecule is CN(CCCOc1ccccc1)[C@H]1C2CC[C@@H]1C(N)C2. The lowest BCUT2D eigenvalue weighted by Gasteiger charge is -2.28. The van der Waals surface area contributed by atoms with Gasteiger partial charge in [-0.3, -0.25) is 0 Å². The first-order chi connectivity index (χ1) is 9.75. The Bertz CT molecular complexity index is 422. The first-order valence-electron chi connectivity index (χ1n) is 7.89. The summed E-state index contributed by atoms with van der Waals surface area (Å²) in [6, 6.07) is 11.2. The van der Waals surface area contributed by atoms with Crippen LogP contribution in [0.5, 0.6) is 5.75 Å². The molecule has 110 valence electrons. The molecule has 3 rings (SSSR count). The Labute approximate surface area is 122 Å². The molecular formula is C17H26N2O. The molecule has 3 heteroatoms. The maximum absolute atomic E-state index is 6.23. The van der Waals surface area contributed by atoms with E-state index in [9.17, 15) is 0 Å². The number of ether oxygens (including phenoxy) is 1. The van der Waals surface area contributed by atoms with Crippen molar-refractivity contribution in [2.45, 2.75) is 37.8 Å². The molecule has 0 radical (unpaired) electrons. The van der Waals surface area contributed by atoms with Gasteiger partial charge in [0, 0.05) is 18.6 Å². The molecular weight excluding hydrogens is 248 g/mol. The van der Waals surface area contributed by atoms with Gasteiger partial charge in [-0.05, 0) is 56.7 Å². The molecule has 0 spiro atoms. The minimum absolute atomic E-state index is 0.446. The predicted octanol–water partition coefficient (Wildman–Crippen LogP) is 2.51. The van der Waals surface area contributed by atoms with E-state index >= 15 is 0 Å². The standard InChI is InChI=1S/C17H26N2O/c1-19(17-13-8-9-15(17)16(18)12-13)10-5-11-20-14-6-3-2-4-7-14/h2-4,6-7,13,15-17H,5,8-12,18H2,1H3/t13?,15-,16?,17+/m1/s1. The van der Waals surface area contributed by atoms with Crippen molar-refractivity contribution in [1.82, 2.24) is 4.90 Å². The summed E-state index contributed by atoms with van der Waals surface area (Å²) in [6.07, 6.45) is 5.03. The molecule has 2 unspecified atom stereocenters. The van der Waals surface area contributed by atoms with Crippen LogP contribution in [0.1, 0.15) is 25.7 Å². The molecule has 2 fully saturated rings. The van der Waals surface area contributed by atoms with Crippen molar-refractivity contribution in [3.63, 3.8) is 0 Å². The van der Waals surface area contributed by atoms with Gasteiger partial charge in [-0.1, -0.05) is 18.2 Å². The van der Waals surface area contributed by atoms with Gasteiger partial charge in [0.15, 0.2) is 0 Å². The van der Waals surface area contributed by atoms with Gasteiger partial charge in [0.25, 0.3) is 0 Å². The lowest BCUT2D eigenvalue weighted by Crippen LogP contribution is -2.39. The van der Waals surface area contributed by atoms with Crippen LogP contribution < -0.4 is 10.5 Å². The molecule has 2 aliphatic rings. The van der Waals surface area contributed by atoms with E-state index in [1.165, 1.54) is 19.3 Å². The van der Waals surface area contributed by atoms with E-state index < -0.39 is 0 Å². The Morgan fingerprint density at radius 2 is 2.05 bits per heavy atom. The van der Waals surface area contributed by atoms with Crippen molar-refractivity contribution >= 4 is 0 Å². The molecule has 2 saturated carbocycles. The van der Waals surface area contributed by atoms with E-state index in [4.69, 9.17) is 10.5 Å². The normalized spacial score (nSPS) is 31.9. The highest BCUT2D eigenvalue weighted by Gasteiger charge is 2.47. The summed E-state index contributed by atoms with van der Waals surface area (Å²) in [5, 5.41) is 0. The fourth-order valence-corrected chi connectivity index (χ4v) is 4.20. The smallest absolute Gasteiger partial charge is 0.119 e. The average molecular weight is 274 g/mol. The summed E-state index contributed by atoms with van der Waals surface area (Å²) < 4.78 is 5.76. The van der Waals surface area contributed by atoms with Gasteiger partial charge in [-0.25, -0.2) is 0 Å². The van der Waals surface area contributed by atoms with Crippen LogP contribution in [0.15, 0.2) is 30.3 Å². The van der Waals surface area contributed by atoms with Gasteiger partial charge in [0.05, 0.1) is 6.61 Å². The van der Waals surface area contributed by atoms with Crippen LogP contribution in [0.25, 0.3) is 0 Å². The van der Waals surface area contributed by atoms with Gasteiger partial charge in [0.2, 0.25) is 0 Å². The second kappa shape index (κ2) is 6.15. The Morgan fingerprint density at radius 1 is 1.25 bits per heavy atom. The molecule has 3 nitrogen and oxygen atoms in total. The Hall–Kier alpha value is -1.06. The Kier molecular flexibility index (Phi) is 4.27. The molecule has 0 aliphatic heterocycles. The number of hydrogen-bond acceptors (Lipinski definition) is 3. The van der Waals surface area contributed by atoms with Crippen molar-refractivity contribution in [3.05, 3.63) is 30.3 Å². The van der Waals surface area contributed by atoms with Crippen molar-refractivity contribution in [2.24, 2.45) is 17.6 Å². The van der Waals surface area contributed by atoms with Crippen LogP contribution in [-0.2, 0) is 0 Å². The van der Waals surface area contributed by atoms with Crippen LogP contribution >= 0.6 is 0 Å². The molecule has 1 aromatic rings. The van der Waals surface area contributed by atoms with Crippen molar-refractivity contribution in [3.8, 4) is 5.75 Å². The zero-order chi connectivity index (χ0) is 13.9. The van der Waals surface area contributed by atoms with E-state index in [1.54, 1.807) is 0 Å². The van der Waals surface area contributed by atoms with E-state index in [1.807, 2.05) is 30.3 Å². The van der Waals surface area contributed by atoms with E-state index in [0.717, 1.165) is 43.2 Å². The first kappa shape index (κ1) is 13.9. The third-order valence-corrected chi connectivity index (χ3v) is 5.09. The molecule has 1 aromatic carbocycles.